The van der Waals surface area contributed by atoms with Crippen LogP contribution in [-0.4, -0.2) is 47.4 Å². The van der Waals surface area contributed by atoms with E-state index in [1.807, 2.05) is 6.08 Å². The minimum atomic E-state index is -0.847. The zero-order valence-corrected chi connectivity index (χ0v) is 43.0. The van der Waals surface area contributed by atoms with E-state index in [0.29, 0.717) is 19.4 Å². The average molecular weight is 903 g/mol. The molecule has 0 aliphatic heterocycles. The number of hydrogen-bond donors (Lipinski definition) is 3. The number of nitrogens with one attached hydrogen (secondary N) is 1. The topological polar surface area (TPSA) is 95.9 Å². The van der Waals surface area contributed by atoms with E-state index in [0.717, 1.165) is 44.9 Å². The van der Waals surface area contributed by atoms with Gasteiger partial charge in [-0.05, 0) is 57.8 Å². The Balaban J connectivity index is 3.42. The fourth-order valence-corrected chi connectivity index (χ4v) is 8.81. The number of esters is 1. The first-order valence-corrected chi connectivity index (χ1v) is 28.6. The summed E-state index contributed by atoms with van der Waals surface area (Å²) in [4.78, 5) is 24.4. The lowest BCUT2D eigenvalue weighted by molar-refractivity contribution is -0.143. The van der Waals surface area contributed by atoms with E-state index < -0.39 is 12.1 Å². The molecule has 1 amide bonds. The largest absolute Gasteiger partial charge is 0.466 e. The normalized spacial score (nSPS) is 12.8. The molecule has 0 aromatic rings. The second-order valence-electron chi connectivity index (χ2n) is 19.6. The third-order valence-corrected chi connectivity index (χ3v) is 13.2. The number of carbonyl (C=O) groups is 2. The van der Waals surface area contributed by atoms with E-state index in [-0.39, 0.29) is 18.5 Å². The van der Waals surface area contributed by atoms with Crippen molar-refractivity contribution >= 4 is 11.9 Å². The summed E-state index contributed by atoms with van der Waals surface area (Å²) in [5.74, 6) is -0.0644. The molecule has 2 atom stereocenters. The number of hydrogen-bond acceptors (Lipinski definition) is 5. The van der Waals surface area contributed by atoms with Crippen LogP contribution in [0.25, 0.3) is 0 Å². The van der Waals surface area contributed by atoms with Crippen LogP contribution in [0.2, 0.25) is 0 Å². The molecule has 0 saturated carbocycles. The highest BCUT2D eigenvalue weighted by Crippen LogP contribution is 2.16. The molecular weight excluding hydrogens is 791 g/mol. The van der Waals surface area contributed by atoms with E-state index in [1.165, 1.54) is 238 Å². The third kappa shape index (κ3) is 49.8. The highest BCUT2D eigenvalue weighted by atomic mass is 16.5. The van der Waals surface area contributed by atoms with Crippen molar-refractivity contribution in [2.45, 2.75) is 321 Å². The lowest BCUT2D eigenvalue weighted by Crippen LogP contribution is -2.45. The number of amides is 1. The van der Waals surface area contributed by atoms with E-state index in [1.54, 1.807) is 6.08 Å². The summed E-state index contributed by atoms with van der Waals surface area (Å²) in [5.41, 5.74) is 0. The maximum Gasteiger partial charge on any atom is 0.305 e. The second-order valence-corrected chi connectivity index (χ2v) is 19.6. The molecule has 0 saturated heterocycles. The lowest BCUT2D eigenvalue weighted by Gasteiger charge is -2.20. The summed E-state index contributed by atoms with van der Waals surface area (Å²) in [6.07, 6.45) is 64.9. The molecule has 6 heteroatoms. The molecule has 378 valence electrons. The number of allylic oxidation sites excluding steroid dienone is 3. The van der Waals surface area contributed by atoms with Crippen LogP contribution in [-0.2, 0) is 14.3 Å². The lowest BCUT2D eigenvalue weighted by atomic mass is 10.0. The predicted molar refractivity (Wildman–Crippen MR) is 278 cm³/mol. The van der Waals surface area contributed by atoms with E-state index in [9.17, 15) is 19.8 Å². The summed E-state index contributed by atoms with van der Waals surface area (Å²) in [7, 11) is 0. The van der Waals surface area contributed by atoms with Gasteiger partial charge in [0.05, 0.1) is 25.4 Å². The maximum absolute atomic E-state index is 12.4. The monoisotopic (exact) mass is 902 g/mol. The summed E-state index contributed by atoms with van der Waals surface area (Å²) in [5, 5.41) is 23.0. The van der Waals surface area contributed by atoms with Gasteiger partial charge < -0.3 is 20.3 Å². The number of ether oxygens (including phenoxy) is 1. The Hall–Kier alpha value is -1.66. The Kier molecular flexibility index (Phi) is 52.6. The van der Waals surface area contributed by atoms with E-state index >= 15 is 0 Å². The molecule has 3 N–H and O–H groups in total. The zero-order chi connectivity index (χ0) is 46.5. The predicted octanol–water partition coefficient (Wildman–Crippen LogP) is 17.5. The highest BCUT2D eigenvalue weighted by molar-refractivity contribution is 5.76. The highest BCUT2D eigenvalue weighted by Gasteiger charge is 2.18. The van der Waals surface area contributed by atoms with Gasteiger partial charge >= 0.3 is 5.97 Å². The maximum atomic E-state index is 12.4. The van der Waals surface area contributed by atoms with Gasteiger partial charge in [-0.2, -0.15) is 0 Å². The molecule has 2 unspecified atom stereocenters. The first kappa shape index (κ1) is 62.3. The smallest absolute Gasteiger partial charge is 0.305 e. The molecule has 0 bridgehead atoms. The van der Waals surface area contributed by atoms with Gasteiger partial charge in [0.15, 0.2) is 0 Å². The van der Waals surface area contributed by atoms with Gasteiger partial charge in [-0.25, -0.2) is 0 Å². The van der Waals surface area contributed by atoms with Gasteiger partial charge in [0.1, 0.15) is 0 Å². The van der Waals surface area contributed by atoms with Gasteiger partial charge in [-0.3, -0.25) is 9.59 Å². The van der Waals surface area contributed by atoms with Crippen molar-refractivity contribution in [3.05, 3.63) is 24.3 Å². The van der Waals surface area contributed by atoms with E-state index in [4.69, 9.17) is 4.74 Å². The van der Waals surface area contributed by atoms with Crippen molar-refractivity contribution in [1.29, 1.82) is 0 Å². The molecule has 0 aromatic heterocycles. The summed E-state index contributed by atoms with van der Waals surface area (Å²) in [6.45, 7) is 4.90. The van der Waals surface area contributed by atoms with Crippen molar-refractivity contribution in [3.8, 4) is 0 Å². The zero-order valence-electron chi connectivity index (χ0n) is 43.0. The number of carbonyl (C=O) groups excluding carboxylic acids is 2. The number of unbranched alkanes of at least 4 members (excludes halogenated alkanes) is 40. The van der Waals surface area contributed by atoms with E-state index in [2.05, 4.69) is 31.3 Å². The van der Waals surface area contributed by atoms with Crippen LogP contribution in [0.1, 0.15) is 309 Å². The molecule has 0 radical (unpaired) electrons. The Bertz CT molecular complexity index is 997. The van der Waals surface area contributed by atoms with Crippen LogP contribution < -0.4 is 5.32 Å². The Labute approximate surface area is 399 Å². The Morgan fingerprint density at radius 1 is 0.422 bits per heavy atom. The van der Waals surface area contributed by atoms with Crippen molar-refractivity contribution in [3.63, 3.8) is 0 Å². The molecule has 0 rings (SSSR count). The number of aliphatic hydroxyl groups excluding tert-OH is 2. The molecule has 0 fully saturated rings. The van der Waals surface area contributed by atoms with Crippen LogP contribution >= 0.6 is 0 Å². The van der Waals surface area contributed by atoms with Crippen LogP contribution in [0, 0.1) is 0 Å². The van der Waals surface area contributed by atoms with Crippen molar-refractivity contribution < 1.29 is 24.5 Å². The summed E-state index contributed by atoms with van der Waals surface area (Å²) >= 11 is 0. The van der Waals surface area contributed by atoms with Gasteiger partial charge in [0, 0.05) is 12.8 Å². The second kappa shape index (κ2) is 54.0. The SMILES string of the molecule is CCCCCCCCCCCC/C=C/C(O)C(CO)NC(=O)CCCCCCCCC/C=C\CCCCCCCCCCCCCOC(=O)CCCCCCCCCCCCCCC. The minimum Gasteiger partial charge on any atom is -0.466 e. The van der Waals surface area contributed by atoms with Crippen molar-refractivity contribution in [2.24, 2.45) is 0 Å². The standard InChI is InChI=1S/C58H111NO5/c1-3-5-7-9-11-13-15-27-32-36-40-44-48-52-58(63)64-53-49-45-41-37-33-29-26-24-22-20-18-17-19-21-23-25-28-31-35-39-43-47-51-57(62)59-55(54-60)56(61)50-46-42-38-34-30-16-14-12-10-8-6-4-2/h19,21,46,50,55-56,60-61H,3-18,20,22-45,47-49,51-54H2,1-2H3,(H,59,62)/b21-19-,50-46+. The first-order valence-electron chi connectivity index (χ1n) is 28.6. The fourth-order valence-electron chi connectivity index (χ4n) is 8.81. The number of aliphatic hydroxyl groups is 2. The molecular formula is C58H111NO5. The third-order valence-electron chi connectivity index (χ3n) is 13.2. The van der Waals surface area contributed by atoms with Crippen LogP contribution in [0.5, 0.6) is 0 Å². The first-order chi connectivity index (χ1) is 31.5. The molecule has 0 spiro atoms. The summed E-state index contributed by atoms with van der Waals surface area (Å²) < 4.78 is 5.47. The van der Waals surface area contributed by atoms with Gasteiger partial charge in [-0.1, -0.05) is 263 Å². The quantitative estimate of drug-likeness (QED) is 0.0321. The van der Waals surface area contributed by atoms with Crippen molar-refractivity contribution in [1.82, 2.24) is 5.32 Å². The van der Waals surface area contributed by atoms with Crippen molar-refractivity contribution in [2.75, 3.05) is 13.2 Å². The molecule has 0 aliphatic carbocycles. The average Bonchev–Trinajstić information content (AvgIpc) is 3.29. The summed E-state index contributed by atoms with van der Waals surface area (Å²) in [6, 6.07) is -0.631. The van der Waals surface area contributed by atoms with Gasteiger partial charge in [-0.15, -0.1) is 0 Å². The van der Waals surface area contributed by atoms with Gasteiger partial charge in [0.25, 0.3) is 0 Å². The molecule has 0 heterocycles. The number of rotatable bonds is 53. The molecule has 64 heavy (non-hydrogen) atoms. The molecule has 0 aromatic carbocycles. The Morgan fingerprint density at radius 3 is 1.11 bits per heavy atom. The molecule has 6 nitrogen and oxygen atoms in total. The van der Waals surface area contributed by atoms with Gasteiger partial charge in [0.2, 0.25) is 5.91 Å². The Morgan fingerprint density at radius 2 is 0.734 bits per heavy atom. The molecule has 0 aliphatic rings. The van der Waals surface area contributed by atoms with Crippen LogP contribution in [0.15, 0.2) is 24.3 Å². The fraction of sp³-hybridized carbons (Fsp3) is 0.897. The van der Waals surface area contributed by atoms with Crippen LogP contribution in [0.4, 0.5) is 0 Å². The van der Waals surface area contributed by atoms with Crippen LogP contribution in [0.3, 0.4) is 0 Å². The minimum absolute atomic E-state index is 0.0108.